The number of carbonyl (C=O) groups is 1. The van der Waals surface area contributed by atoms with E-state index in [1.807, 2.05) is 25.4 Å². The lowest BCUT2D eigenvalue weighted by atomic mass is 9.98. The van der Waals surface area contributed by atoms with E-state index in [0.29, 0.717) is 48.8 Å². The van der Waals surface area contributed by atoms with Gasteiger partial charge < -0.3 is 24.6 Å². The van der Waals surface area contributed by atoms with E-state index in [1.165, 1.54) is 11.1 Å². The largest absolute Gasteiger partial charge is 0.486 e. The van der Waals surface area contributed by atoms with Crippen LogP contribution < -0.4 is 19.7 Å². The second-order valence-electron chi connectivity index (χ2n) is 11.3. The topological polar surface area (TPSA) is 104 Å². The number of aromatic nitrogens is 2. The van der Waals surface area contributed by atoms with E-state index >= 15 is 0 Å². The molecule has 2 aliphatic heterocycles. The van der Waals surface area contributed by atoms with Crippen LogP contribution in [0.4, 0.5) is 5.69 Å². The SMILES string of the molecule is Cc1ccncc1CN(c1ccc2c(c1)OCCO2)C1CCN([C@H](C)CCNC(=O)c2c(C)cc(C#N)nc2C)CC1. The van der Waals surface area contributed by atoms with Crippen molar-refractivity contribution < 1.29 is 14.3 Å². The number of nitriles is 1. The van der Waals surface area contributed by atoms with E-state index < -0.39 is 0 Å². The number of carbonyl (C=O) groups excluding carboxylic acids is 1. The van der Waals surface area contributed by atoms with Crippen LogP contribution in [-0.2, 0) is 6.54 Å². The van der Waals surface area contributed by atoms with Gasteiger partial charge in [-0.1, -0.05) is 0 Å². The number of hydrogen-bond donors (Lipinski definition) is 1. The molecule has 1 saturated heterocycles. The average Bonchev–Trinajstić information content (AvgIpc) is 3.00. The summed E-state index contributed by atoms with van der Waals surface area (Å²) >= 11 is 0. The predicted molar refractivity (Wildman–Crippen MR) is 162 cm³/mol. The number of benzene rings is 1. The van der Waals surface area contributed by atoms with Crippen LogP contribution in [0.25, 0.3) is 0 Å². The zero-order valence-electron chi connectivity index (χ0n) is 25.0. The van der Waals surface area contributed by atoms with Crippen LogP contribution in [0, 0.1) is 32.1 Å². The minimum atomic E-state index is -0.131. The maximum absolute atomic E-state index is 12.9. The number of aryl methyl sites for hydroxylation is 3. The number of pyridine rings is 2. The molecule has 9 nitrogen and oxygen atoms in total. The van der Waals surface area contributed by atoms with Crippen LogP contribution in [0.5, 0.6) is 11.5 Å². The summed E-state index contributed by atoms with van der Waals surface area (Å²) in [5.41, 5.74) is 5.86. The van der Waals surface area contributed by atoms with Crippen LogP contribution in [0.1, 0.15) is 64.6 Å². The minimum absolute atomic E-state index is 0.131. The van der Waals surface area contributed by atoms with Gasteiger partial charge in [-0.15, -0.1) is 0 Å². The number of nitrogens with zero attached hydrogens (tertiary/aromatic N) is 5. The zero-order chi connectivity index (χ0) is 29.6. The van der Waals surface area contributed by atoms with Crippen LogP contribution in [-0.4, -0.2) is 65.7 Å². The lowest BCUT2D eigenvalue weighted by molar-refractivity contribution is 0.0943. The maximum Gasteiger partial charge on any atom is 0.253 e. The van der Waals surface area contributed by atoms with Gasteiger partial charge in [0.1, 0.15) is 25.0 Å². The second-order valence-corrected chi connectivity index (χ2v) is 11.3. The Morgan fingerprint density at radius 2 is 1.88 bits per heavy atom. The number of amides is 1. The van der Waals surface area contributed by atoms with Crippen molar-refractivity contribution in [3.8, 4) is 17.6 Å². The van der Waals surface area contributed by atoms with Crippen molar-refractivity contribution in [2.45, 2.75) is 65.6 Å². The van der Waals surface area contributed by atoms with Gasteiger partial charge in [0.2, 0.25) is 0 Å². The van der Waals surface area contributed by atoms with Gasteiger partial charge in [-0.3, -0.25) is 9.78 Å². The first-order valence-corrected chi connectivity index (χ1v) is 14.8. The standard InChI is InChI=1S/C33H40N6O3/c1-22-7-11-35-20-26(22)21-39(29-5-6-30-31(18-29)42-16-15-41-30)28-9-13-38(14-10-28)24(3)8-12-36-33(40)32-23(2)17-27(19-34)37-25(32)4/h5-7,11,17-18,20,24,28H,8-10,12-16,21H2,1-4H3,(H,36,40)/t24-/m1/s1. The summed E-state index contributed by atoms with van der Waals surface area (Å²) in [6, 6.07) is 12.8. The number of likely N-dealkylation sites (tertiary alicyclic amines) is 1. The molecule has 4 heterocycles. The molecule has 2 aliphatic rings. The van der Waals surface area contributed by atoms with E-state index in [4.69, 9.17) is 14.7 Å². The monoisotopic (exact) mass is 568 g/mol. The van der Waals surface area contributed by atoms with Crippen LogP contribution >= 0.6 is 0 Å². The summed E-state index contributed by atoms with van der Waals surface area (Å²) in [6.07, 6.45) is 6.76. The van der Waals surface area contributed by atoms with E-state index in [9.17, 15) is 4.79 Å². The second kappa shape index (κ2) is 13.2. The Morgan fingerprint density at radius 3 is 2.60 bits per heavy atom. The quantitative estimate of drug-likeness (QED) is 0.395. The molecule has 0 spiro atoms. The van der Waals surface area contributed by atoms with E-state index in [0.717, 1.165) is 61.6 Å². The van der Waals surface area contributed by atoms with E-state index in [-0.39, 0.29) is 5.91 Å². The van der Waals surface area contributed by atoms with Crippen molar-refractivity contribution in [1.29, 1.82) is 5.26 Å². The van der Waals surface area contributed by atoms with Gasteiger partial charge in [0.25, 0.3) is 5.91 Å². The van der Waals surface area contributed by atoms with Crippen molar-refractivity contribution in [3.05, 3.63) is 76.4 Å². The first-order chi connectivity index (χ1) is 20.3. The van der Waals surface area contributed by atoms with Crippen LogP contribution in [0.3, 0.4) is 0 Å². The van der Waals surface area contributed by atoms with Crippen molar-refractivity contribution in [1.82, 2.24) is 20.2 Å². The number of hydrogen-bond acceptors (Lipinski definition) is 8. The summed E-state index contributed by atoms with van der Waals surface area (Å²) in [7, 11) is 0. The van der Waals surface area contributed by atoms with Gasteiger partial charge in [-0.05, 0) is 87.9 Å². The Balaban J connectivity index is 1.20. The van der Waals surface area contributed by atoms with Crippen molar-refractivity contribution in [3.63, 3.8) is 0 Å². The number of anilines is 1. The molecule has 0 bridgehead atoms. The summed E-state index contributed by atoms with van der Waals surface area (Å²) in [5.74, 6) is 1.48. The highest BCUT2D eigenvalue weighted by atomic mass is 16.6. The molecule has 0 radical (unpaired) electrons. The molecule has 1 fully saturated rings. The number of piperidine rings is 1. The Morgan fingerprint density at radius 1 is 1.12 bits per heavy atom. The summed E-state index contributed by atoms with van der Waals surface area (Å²) < 4.78 is 11.7. The smallest absolute Gasteiger partial charge is 0.253 e. The van der Waals surface area contributed by atoms with Gasteiger partial charge in [0, 0.05) is 62.4 Å². The van der Waals surface area contributed by atoms with E-state index in [2.05, 4.69) is 63.2 Å². The molecule has 0 aliphatic carbocycles. The fourth-order valence-corrected chi connectivity index (χ4v) is 6.02. The third kappa shape index (κ3) is 6.66. The first kappa shape index (κ1) is 29.3. The first-order valence-electron chi connectivity index (χ1n) is 14.8. The van der Waals surface area contributed by atoms with Gasteiger partial charge >= 0.3 is 0 Å². The molecule has 1 aromatic carbocycles. The Bertz CT molecular complexity index is 1440. The van der Waals surface area contributed by atoms with Gasteiger partial charge in [0.05, 0.1) is 11.3 Å². The Kier molecular flexibility index (Phi) is 9.23. The molecule has 1 N–H and O–H groups in total. The highest BCUT2D eigenvalue weighted by molar-refractivity contribution is 5.96. The number of rotatable bonds is 9. The normalized spacial score (nSPS) is 16.0. The molecule has 5 rings (SSSR count). The zero-order valence-corrected chi connectivity index (χ0v) is 25.0. The highest BCUT2D eigenvalue weighted by Gasteiger charge is 2.28. The van der Waals surface area contributed by atoms with Crippen molar-refractivity contribution in [2.75, 3.05) is 37.7 Å². The van der Waals surface area contributed by atoms with Crippen LogP contribution in [0.2, 0.25) is 0 Å². The van der Waals surface area contributed by atoms with Gasteiger partial charge in [-0.2, -0.15) is 5.26 Å². The lowest BCUT2D eigenvalue weighted by Gasteiger charge is -2.42. The molecule has 1 atom stereocenters. The average molecular weight is 569 g/mol. The van der Waals surface area contributed by atoms with Gasteiger partial charge in [0.15, 0.2) is 11.5 Å². The molecular formula is C33H40N6O3. The summed E-state index contributed by atoms with van der Waals surface area (Å²) in [6.45, 7) is 12.5. The minimum Gasteiger partial charge on any atom is -0.486 e. The predicted octanol–water partition coefficient (Wildman–Crippen LogP) is 4.72. The Labute approximate surface area is 248 Å². The third-order valence-electron chi connectivity index (χ3n) is 8.50. The molecule has 3 aromatic rings. The molecular weight excluding hydrogens is 528 g/mol. The fraction of sp³-hybridized carbons (Fsp3) is 0.455. The summed E-state index contributed by atoms with van der Waals surface area (Å²) in [5, 5.41) is 12.2. The molecule has 42 heavy (non-hydrogen) atoms. The van der Waals surface area contributed by atoms with Crippen molar-refractivity contribution >= 4 is 11.6 Å². The third-order valence-corrected chi connectivity index (χ3v) is 8.50. The molecule has 1 amide bonds. The molecule has 9 heteroatoms. The fourth-order valence-electron chi connectivity index (χ4n) is 6.02. The molecule has 220 valence electrons. The molecule has 0 saturated carbocycles. The van der Waals surface area contributed by atoms with Crippen molar-refractivity contribution in [2.24, 2.45) is 0 Å². The maximum atomic E-state index is 12.9. The number of ether oxygens (including phenoxy) is 2. The van der Waals surface area contributed by atoms with Crippen LogP contribution in [0.15, 0.2) is 42.7 Å². The molecule has 0 unspecified atom stereocenters. The highest BCUT2D eigenvalue weighted by Crippen LogP contribution is 2.36. The lowest BCUT2D eigenvalue weighted by Crippen LogP contribution is -2.48. The summed E-state index contributed by atoms with van der Waals surface area (Å²) in [4.78, 5) is 26.5. The number of nitrogens with one attached hydrogen (secondary N) is 1. The molecule has 2 aromatic heterocycles. The van der Waals surface area contributed by atoms with E-state index in [1.54, 1.807) is 13.0 Å². The number of fused-ring (bicyclic) bond motifs is 1. The Hall–Kier alpha value is -4.16. The van der Waals surface area contributed by atoms with Gasteiger partial charge in [-0.25, -0.2) is 4.98 Å².